The number of nitrogens with zero attached hydrogens (tertiary/aromatic N) is 1. The normalized spacial score (nSPS) is 12.4. The highest BCUT2D eigenvalue weighted by Crippen LogP contribution is 2.22. The van der Waals surface area contributed by atoms with Gasteiger partial charge in [0.15, 0.2) is 0 Å². The molecule has 2 aromatic rings. The van der Waals surface area contributed by atoms with Gasteiger partial charge in [-0.3, -0.25) is 0 Å². The van der Waals surface area contributed by atoms with Crippen LogP contribution in [0.15, 0.2) is 23.6 Å². The second-order valence-electron chi connectivity index (χ2n) is 5.34. The molecule has 0 saturated carbocycles. The summed E-state index contributed by atoms with van der Waals surface area (Å²) in [7, 11) is 1.74. The van der Waals surface area contributed by atoms with E-state index < -0.39 is 0 Å². The highest BCUT2D eigenvalue weighted by molar-refractivity contribution is 7.09. The predicted molar refractivity (Wildman–Crippen MR) is 89.5 cm³/mol. The molecule has 0 aliphatic carbocycles. The van der Waals surface area contributed by atoms with Crippen LogP contribution in [0.1, 0.15) is 28.8 Å². The zero-order valence-electron chi connectivity index (χ0n) is 13.3. The number of aromatic nitrogens is 1. The lowest BCUT2D eigenvalue weighted by molar-refractivity contribution is 0.404. The van der Waals surface area contributed by atoms with E-state index in [0.29, 0.717) is 6.04 Å². The molecule has 1 aromatic heterocycles. The highest BCUT2D eigenvalue weighted by Gasteiger charge is 2.14. The third kappa shape index (κ3) is 4.55. The molecule has 2 rings (SSSR count). The lowest BCUT2D eigenvalue weighted by atomic mass is 9.99. The molecule has 1 N–H and O–H groups in total. The van der Waals surface area contributed by atoms with Crippen LogP contribution in [-0.4, -0.2) is 24.7 Å². The van der Waals surface area contributed by atoms with E-state index in [-0.39, 0.29) is 0 Å². The van der Waals surface area contributed by atoms with Crippen LogP contribution in [-0.2, 0) is 12.8 Å². The number of methoxy groups -OCH3 is 1. The molecule has 0 saturated heterocycles. The Morgan fingerprint density at radius 2 is 2.10 bits per heavy atom. The van der Waals surface area contributed by atoms with E-state index in [1.165, 1.54) is 16.8 Å². The Morgan fingerprint density at radius 1 is 1.29 bits per heavy atom. The summed E-state index contributed by atoms with van der Waals surface area (Å²) in [5, 5.41) is 6.86. The monoisotopic (exact) mass is 304 g/mol. The summed E-state index contributed by atoms with van der Waals surface area (Å²) in [5.41, 5.74) is 3.70. The fourth-order valence-electron chi connectivity index (χ4n) is 2.59. The van der Waals surface area contributed by atoms with E-state index >= 15 is 0 Å². The number of aryl methyl sites for hydroxylation is 2. The van der Waals surface area contributed by atoms with Crippen molar-refractivity contribution in [2.45, 2.75) is 39.7 Å². The van der Waals surface area contributed by atoms with Gasteiger partial charge in [-0.2, -0.15) is 0 Å². The first-order valence-electron chi connectivity index (χ1n) is 7.40. The van der Waals surface area contributed by atoms with Crippen LogP contribution >= 0.6 is 11.3 Å². The third-order valence-corrected chi connectivity index (χ3v) is 4.34. The van der Waals surface area contributed by atoms with Crippen LogP contribution in [0.25, 0.3) is 0 Å². The number of hydrogen-bond acceptors (Lipinski definition) is 4. The second kappa shape index (κ2) is 7.57. The van der Waals surface area contributed by atoms with E-state index in [4.69, 9.17) is 4.74 Å². The zero-order chi connectivity index (χ0) is 15.2. The van der Waals surface area contributed by atoms with Crippen LogP contribution in [0.3, 0.4) is 0 Å². The standard InChI is InChI=1S/C17H24N2OS/c1-5-18-15(10-16-11-21-13(3)19-16)9-14-8-12(2)6-7-17(14)20-4/h6-8,11,15,18H,5,9-10H2,1-4H3. The number of thiazole rings is 1. The quantitative estimate of drug-likeness (QED) is 0.849. The van der Waals surface area contributed by atoms with E-state index in [1.54, 1.807) is 18.4 Å². The molecule has 0 aliphatic heterocycles. The van der Waals surface area contributed by atoms with Gasteiger partial charge < -0.3 is 10.1 Å². The maximum absolute atomic E-state index is 5.49. The van der Waals surface area contributed by atoms with Gasteiger partial charge in [-0.25, -0.2) is 4.98 Å². The number of rotatable bonds is 7. The molecule has 3 nitrogen and oxygen atoms in total. The van der Waals surface area contributed by atoms with Crippen molar-refractivity contribution in [2.75, 3.05) is 13.7 Å². The summed E-state index contributed by atoms with van der Waals surface area (Å²) in [4.78, 5) is 4.58. The Hall–Kier alpha value is -1.39. The van der Waals surface area contributed by atoms with Crippen molar-refractivity contribution in [3.05, 3.63) is 45.4 Å². The summed E-state index contributed by atoms with van der Waals surface area (Å²) >= 11 is 1.72. The average Bonchev–Trinajstić information content (AvgIpc) is 2.84. The fourth-order valence-corrected chi connectivity index (χ4v) is 3.22. The van der Waals surface area contributed by atoms with E-state index in [1.807, 2.05) is 0 Å². The van der Waals surface area contributed by atoms with Crippen LogP contribution in [0.2, 0.25) is 0 Å². The molecule has 1 aromatic carbocycles. The number of nitrogens with one attached hydrogen (secondary N) is 1. The SMILES string of the molecule is CCNC(Cc1csc(C)n1)Cc1cc(C)ccc1OC. The fraction of sp³-hybridized carbons (Fsp3) is 0.471. The van der Waals surface area contributed by atoms with Crippen LogP contribution in [0.5, 0.6) is 5.75 Å². The van der Waals surface area contributed by atoms with Gasteiger partial charge in [-0.05, 0) is 38.4 Å². The minimum absolute atomic E-state index is 0.382. The minimum Gasteiger partial charge on any atom is -0.496 e. The first-order chi connectivity index (χ1) is 10.1. The Balaban J connectivity index is 2.13. The van der Waals surface area contributed by atoms with Gasteiger partial charge in [-0.1, -0.05) is 24.6 Å². The predicted octanol–water partition coefficient (Wildman–Crippen LogP) is 3.53. The topological polar surface area (TPSA) is 34.2 Å². The molecule has 21 heavy (non-hydrogen) atoms. The molecule has 0 amide bonds. The van der Waals surface area contributed by atoms with Gasteiger partial charge in [0.25, 0.3) is 0 Å². The summed E-state index contributed by atoms with van der Waals surface area (Å²) in [6, 6.07) is 6.75. The third-order valence-electron chi connectivity index (χ3n) is 3.52. The Morgan fingerprint density at radius 3 is 2.71 bits per heavy atom. The highest BCUT2D eigenvalue weighted by atomic mass is 32.1. The van der Waals surface area contributed by atoms with Crippen molar-refractivity contribution in [3.63, 3.8) is 0 Å². The van der Waals surface area contributed by atoms with E-state index in [0.717, 1.165) is 30.1 Å². The maximum atomic E-state index is 5.49. The van der Waals surface area contributed by atoms with Gasteiger partial charge >= 0.3 is 0 Å². The number of hydrogen-bond donors (Lipinski definition) is 1. The molecular formula is C17H24N2OS. The van der Waals surface area contributed by atoms with E-state index in [9.17, 15) is 0 Å². The zero-order valence-corrected chi connectivity index (χ0v) is 14.1. The van der Waals surface area contributed by atoms with Crippen molar-refractivity contribution in [1.82, 2.24) is 10.3 Å². The molecule has 1 unspecified atom stereocenters. The van der Waals surface area contributed by atoms with Crippen molar-refractivity contribution in [2.24, 2.45) is 0 Å². The molecule has 1 atom stereocenters. The summed E-state index contributed by atoms with van der Waals surface area (Å²) < 4.78 is 5.49. The van der Waals surface area contributed by atoms with Crippen molar-refractivity contribution in [1.29, 1.82) is 0 Å². The first-order valence-corrected chi connectivity index (χ1v) is 8.28. The number of benzene rings is 1. The van der Waals surface area contributed by atoms with E-state index in [2.05, 4.69) is 54.7 Å². The number of ether oxygens (including phenoxy) is 1. The maximum Gasteiger partial charge on any atom is 0.122 e. The van der Waals surface area contributed by atoms with Gasteiger partial charge in [-0.15, -0.1) is 11.3 Å². The lowest BCUT2D eigenvalue weighted by Crippen LogP contribution is -2.33. The molecule has 0 spiro atoms. The van der Waals surface area contributed by atoms with Crippen LogP contribution in [0.4, 0.5) is 0 Å². The molecule has 0 aliphatic rings. The van der Waals surface area contributed by atoms with Crippen molar-refractivity contribution < 1.29 is 4.74 Å². The molecule has 1 heterocycles. The van der Waals surface area contributed by atoms with Gasteiger partial charge in [0.05, 0.1) is 17.8 Å². The molecule has 0 radical (unpaired) electrons. The average molecular weight is 304 g/mol. The lowest BCUT2D eigenvalue weighted by Gasteiger charge is -2.19. The summed E-state index contributed by atoms with van der Waals surface area (Å²) in [6.45, 7) is 7.28. The summed E-state index contributed by atoms with van der Waals surface area (Å²) in [6.07, 6.45) is 1.91. The second-order valence-corrected chi connectivity index (χ2v) is 6.40. The smallest absolute Gasteiger partial charge is 0.122 e. The molecule has 114 valence electrons. The van der Waals surface area contributed by atoms with Gasteiger partial charge in [0, 0.05) is 17.8 Å². The number of likely N-dealkylation sites (N-methyl/N-ethyl adjacent to an activating group) is 1. The van der Waals surface area contributed by atoms with Crippen molar-refractivity contribution in [3.8, 4) is 5.75 Å². The Kier molecular flexibility index (Phi) is 5.76. The minimum atomic E-state index is 0.382. The molecule has 4 heteroatoms. The van der Waals surface area contributed by atoms with Crippen LogP contribution in [0, 0.1) is 13.8 Å². The van der Waals surface area contributed by atoms with Crippen LogP contribution < -0.4 is 10.1 Å². The molecule has 0 bridgehead atoms. The molecular weight excluding hydrogens is 280 g/mol. The van der Waals surface area contributed by atoms with Gasteiger partial charge in [0.1, 0.15) is 5.75 Å². The molecule has 0 fully saturated rings. The largest absolute Gasteiger partial charge is 0.496 e. The summed E-state index contributed by atoms with van der Waals surface area (Å²) in [5.74, 6) is 0.970. The Bertz CT molecular complexity index is 580. The van der Waals surface area contributed by atoms with Gasteiger partial charge in [0.2, 0.25) is 0 Å². The first kappa shape index (κ1) is 16.0. The van der Waals surface area contributed by atoms with Crippen molar-refractivity contribution >= 4 is 11.3 Å². The Labute approximate surface area is 131 Å².